The van der Waals surface area contributed by atoms with E-state index in [0.717, 1.165) is 18.5 Å². The minimum atomic E-state index is -0.830. The molecule has 2 fully saturated rings. The van der Waals surface area contributed by atoms with Gasteiger partial charge in [0.25, 0.3) is 0 Å². The molecule has 7 heteroatoms. The monoisotopic (exact) mass is 308 g/mol. The number of fused-ring (bicyclic) bond motifs is 2. The summed E-state index contributed by atoms with van der Waals surface area (Å²) in [7, 11) is 0. The molecule has 1 aliphatic heterocycles. The Balaban J connectivity index is 1.72. The number of aromatic nitrogens is 1. The van der Waals surface area contributed by atoms with Crippen molar-refractivity contribution in [2.24, 2.45) is 11.8 Å². The summed E-state index contributed by atoms with van der Waals surface area (Å²) >= 11 is 1.28. The number of carboxylic acid groups (broad SMARTS) is 1. The van der Waals surface area contributed by atoms with Gasteiger partial charge in [-0.2, -0.15) is 0 Å². The average Bonchev–Trinajstić information content (AvgIpc) is 3.05. The van der Waals surface area contributed by atoms with E-state index >= 15 is 0 Å². The number of carboxylic acids is 1. The number of aryl methyl sites for hydroxylation is 1. The second-order valence-electron chi connectivity index (χ2n) is 5.59. The van der Waals surface area contributed by atoms with E-state index in [-0.39, 0.29) is 30.1 Å². The fourth-order valence-corrected chi connectivity index (χ4v) is 3.89. The van der Waals surface area contributed by atoms with Crippen molar-refractivity contribution in [3.05, 3.63) is 11.1 Å². The van der Waals surface area contributed by atoms with Crippen molar-refractivity contribution in [3.63, 3.8) is 0 Å². The number of piperidine rings is 1. The third-order valence-corrected chi connectivity index (χ3v) is 5.00. The van der Waals surface area contributed by atoms with Crippen LogP contribution in [0.3, 0.4) is 0 Å². The largest absolute Gasteiger partial charge is 0.481 e. The molecule has 1 aliphatic carbocycles. The van der Waals surface area contributed by atoms with Crippen molar-refractivity contribution in [2.45, 2.75) is 38.5 Å². The molecular weight excluding hydrogens is 292 g/mol. The molecule has 112 valence electrons. The van der Waals surface area contributed by atoms with E-state index in [1.165, 1.54) is 16.2 Å². The number of hydrogen-bond acceptors (Lipinski definition) is 5. The molecule has 2 bridgehead atoms. The SMILES string of the molecule is O=C(O)CCCc1csc(N2C(=O)C3CCC(C3)C2=O)n1. The lowest BCUT2D eigenvalue weighted by atomic mass is 9.98. The van der Waals surface area contributed by atoms with Gasteiger partial charge in [-0.1, -0.05) is 0 Å². The van der Waals surface area contributed by atoms with Gasteiger partial charge in [0, 0.05) is 23.6 Å². The molecule has 2 heterocycles. The van der Waals surface area contributed by atoms with Gasteiger partial charge in [0.05, 0.1) is 5.69 Å². The molecule has 0 radical (unpaired) electrons. The molecular formula is C14H16N2O4S. The number of carbonyl (C=O) groups excluding carboxylic acids is 2. The first-order chi connectivity index (χ1) is 10.1. The Hall–Kier alpha value is -1.76. The van der Waals surface area contributed by atoms with Crippen molar-refractivity contribution in [1.82, 2.24) is 4.98 Å². The van der Waals surface area contributed by atoms with Crippen LogP contribution < -0.4 is 4.90 Å². The Morgan fingerprint density at radius 2 is 2.00 bits per heavy atom. The first-order valence-electron chi connectivity index (χ1n) is 7.10. The molecule has 3 rings (SSSR count). The highest BCUT2D eigenvalue weighted by Gasteiger charge is 2.46. The van der Waals surface area contributed by atoms with E-state index in [1.54, 1.807) is 5.38 Å². The maximum absolute atomic E-state index is 12.3. The second-order valence-corrected chi connectivity index (χ2v) is 6.42. The summed E-state index contributed by atoms with van der Waals surface area (Å²) in [5, 5.41) is 10.9. The topological polar surface area (TPSA) is 87.6 Å². The van der Waals surface area contributed by atoms with Gasteiger partial charge >= 0.3 is 5.97 Å². The lowest BCUT2D eigenvalue weighted by Crippen LogP contribution is -2.46. The predicted octanol–water partition coefficient (Wildman–Crippen LogP) is 1.84. The molecule has 1 saturated carbocycles. The van der Waals surface area contributed by atoms with Gasteiger partial charge in [-0.25, -0.2) is 9.88 Å². The molecule has 1 aromatic heterocycles. The van der Waals surface area contributed by atoms with Crippen molar-refractivity contribution >= 4 is 34.3 Å². The highest BCUT2D eigenvalue weighted by Crippen LogP contribution is 2.40. The summed E-state index contributed by atoms with van der Waals surface area (Å²) in [4.78, 5) is 40.7. The maximum Gasteiger partial charge on any atom is 0.303 e. The van der Waals surface area contributed by atoms with Crippen LogP contribution in [0, 0.1) is 11.8 Å². The highest BCUT2D eigenvalue weighted by atomic mass is 32.1. The number of imide groups is 1. The van der Waals surface area contributed by atoms with Gasteiger partial charge in [-0.15, -0.1) is 11.3 Å². The lowest BCUT2D eigenvalue weighted by molar-refractivity contribution is -0.137. The van der Waals surface area contributed by atoms with Crippen molar-refractivity contribution in [1.29, 1.82) is 0 Å². The number of amides is 2. The van der Waals surface area contributed by atoms with Crippen LogP contribution in [0.5, 0.6) is 0 Å². The molecule has 1 N–H and O–H groups in total. The molecule has 2 amide bonds. The smallest absolute Gasteiger partial charge is 0.303 e. The molecule has 1 aromatic rings. The number of carbonyl (C=O) groups is 3. The first-order valence-corrected chi connectivity index (χ1v) is 7.98. The predicted molar refractivity (Wildman–Crippen MR) is 76.0 cm³/mol. The number of rotatable bonds is 5. The van der Waals surface area contributed by atoms with E-state index in [1.807, 2.05) is 0 Å². The Morgan fingerprint density at radius 1 is 1.33 bits per heavy atom. The van der Waals surface area contributed by atoms with Crippen molar-refractivity contribution in [3.8, 4) is 0 Å². The third kappa shape index (κ3) is 2.70. The summed E-state index contributed by atoms with van der Waals surface area (Å²) in [5.41, 5.74) is 0.745. The van der Waals surface area contributed by atoms with Gasteiger partial charge in [-0.05, 0) is 32.1 Å². The standard InChI is InChI=1S/C14H16N2O4S/c17-11(18)3-1-2-10-7-21-14(15-10)16-12(19)8-4-5-9(6-8)13(16)20/h7-9H,1-6H2,(H,17,18). The van der Waals surface area contributed by atoms with Crippen LogP contribution in [-0.4, -0.2) is 27.9 Å². The minimum absolute atomic E-state index is 0.0351. The summed E-state index contributed by atoms with van der Waals surface area (Å²) in [6.07, 6.45) is 3.42. The average molecular weight is 308 g/mol. The summed E-state index contributed by atoms with van der Waals surface area (Å²) in [6.45, 7) is 0. The van der Waals surface area contributed by atoms with Crippen molar-refractivity contribution < 1.29 is 19.5 Å². The van der Waals surface area contributed by atoms with Crippen LogP contribution in [0.2, 0.25) is 0 Å². The van der Waals surface area contributed by atoms with Crippen LogP contribution in [0.15, 0.2) is 5.38 Å². The normalized spacial score (nSPS) is 24.7. The summed E-state index contributed by atoms with van der Waals surface area (Å²) in [5.74, 6) is -1.15. The minimum Gasteiger partial charge on any atom is -0.481 e. The zero-order valence-electron chi connectivity index (χ0n) is 11.4. The zero-order valence-corrected chi connectivity index (χ0v) is 12.3. The molecule has 6 nitrogen and oxygen atoms in total. The van der Waals surface area contributed by atoms with Gasteiger partial charge in [0.2, 0.25) is 11.8 Å². The summed E-state index contributed by atoms with van der Waals surface area (Å²) < 4.78 is 0. The highest BCUT2D eigenvalue weighted by molar-refractivity contribution is 7.14. The van der Waals surface area contributed by atoms with Gasteiger partial charge < -0.3 is 5.11 Å². The number of hydrogen-bond donors (Lipinski definition) is 1. The van der Waals surface area contributed by atoms with E-state index in [2.05, 4.69) is 4.98 Å². The fraction of sp³-hybridized carbons (Fsp3) is 0.571. The quantitative estimate of drug-likeness (QED) is 0.839. The Bertz CT molecular complexity index is 576. The number of anilines is 1. The number of aliphatic carboxylic acids is 1. The van der Waals surface area contributed by atoms with E-state index < -0.39 is 5.97 Å². The van der Waals surface area contributed by atoms with Crippen LogP contribution in [0.25, 0.3) is 0 Å². The molecule has 21 heavy (non-hydrogen) atoms. The fourth-order valence-electron chi connectivity index (χ4n) is 3.03. The van der Waals surface area contributed by atoms with Crippen LogP contribution in [0.1, 0.15) is 37.8 Å². The van der Waals surface area contributed by atoms with E-state index in [4.69, 9.17) is 5.11 Å². The number of thiazole rings is 1. The zero-order chi connectivity index (χ0) is 15.0. The lowest BCUT2D eigenvalue weighted by Gasteiger charge is -2.27. The Kier molecular flexibility index (Phi) is 3.75. The molecule has 2 unspecified atom stereocenters. The molecule has 2 atom stereocenters. The second kappa shape index (κ2) is 5.55. The first kappa shape index (κ1) is 14.2. The molecule has 1 saturated heterocycles. The molecule has 0 spiro atoms. The Morgan fingerprint density at radius 3 is 2.62 bits per heavy atom. The molecule has 0 aromatic carbocycles. The van der Waals surface area contributed by atoms with Gasteiger partial charge in [0.1, 0.15) is 0 Å². The molecule has 2 aliphatic rings. The van der Waals surface area contributed by atoms with E-state index in [9.17, 15) is 14.4 Å². The van der Waals surface area contributed by atoms with Crippen molar-refractivity contribution in [2.75, 3.05) is 4.90 Å². The van der Waals surface area contributed by atoms with Crippen LogP contribution in [0.4, 0.5) is 5.13 Å². The Labute approximate surface area is 125 Å². The van der Waals surface area contributed by atoms with Crippen LogP contribution in [-0.2, 0) is 20.8 Å². The van der Waals surface area contributed by atoms with Crippen LogP contribution >= 0.6 is 11.3 Å². The summed E-state index contributed by atoms with van der Waals surface area (Å²) in [6, 6.07) is 0. The third-order valence-electron chi connectivity index (χ3n) is 4.13. The number of nitrogens with zero attached hydrogens (tertiary/aromatic N) is 2. The van der Waals surface area contributed by atoms with Gasteiger partial charge in [0.15, 0.2) is 5.13 Å². The van der Waals surface area contributed by atoms with Gasteiger partial charge in [-0.3, -0.25) is 14.4 Å². The van der Waals surface area contributed by atoms with E-state index in [0.29, 0.717) is 24.4 Å². The maximum atomic E-state index is 12.3.